The van der Waals surface area contributed by atoms with Crippen molar-refractivity contribution in [2.24, 2.45) is 5.92 Å². The molecule has 1 heterocycles. The van der Waals surface area contributed by atoms with Crippen molar-refractivity contribution in [3.05, 3.63) is 88.7 Å². The minimum absolute atomic E-state index is 0.0424. The quantitative estimate of drug-likeness (QED) is 0.426. The number of halogens is 1. The van der Waals surface area contributed by atoms with Crippen LogP contribution in [0.4, 0.5) is 0 Å². The number of benzene rings is 2. The van der Waals surface area contributed by atoms with Gasteiger partial charge in [-0.15, -0.1) is 0 Å². The van der Waals surface area contributed by atoms with Crippen LogP contribution in [0.3, 0.4) is 0 Å². The number of carboxylic acid groups (broad SMARTS) is 2. The summed E-state index contributed by atoms with van der Waals surface area (Å²) in [5, 5.41) is 21.9. The highest BCUT2D eigenvalue weighted by molar-refractivity contribution is 6.30. The molecule has 0 aliphatic heterocycles. The molecule has 170 valence electrons. The van der Waals surface area contributed by atoms with Gasteiger partial charge in [0.25, 0.3) is 5.91 Å². The second kappa shape index (κ2) is 10.7. The Balaban J connectivity index is 1.77. The first-order chi connectivity index (χ1) is 15.7. The van der Waals surface area contributed by atoms with Crippen molar-refractivity contribution in [2.45, 2.75) is 25.8 Å². The van der Waals surface area contributed by atoms with E-state index in [-0.39, 0.29) is 17.7 Å². The molecule has 0 aliphatic carbocycles. The number of hydrogen-bond acceptors (Lipinski definition) is 4. The molecule has 0 aliphatic rings. The molecule has 8 heteroatoms. The lowest BCUT2D eigenvalue weighted by atomic mass is 9.95. The first-order valence-electron chi connectivity index (χ1n) is 10.3. The maximum Gasteiger partial charge on any atom is 0.335 e. The zero-order chi connectivity index (χ0) is 24.0. The van der Waals surface area contributed by atoms with Crippen molar-refractivity contribution in [2.75, 3.05) is 0 Å². The SMILES string of the molecule is C[C@H](C[C@@H](Cc1ccc(-c2cccc(Cl)c2)cc1)NC(=O)c1cc(C(=O)O)ccn1)C(=O)O. The number of carbonyl (C=O) groups is 3. The van der Waals surface area contributed by atoms with E-state index in [0.717, 1.165) is 16.7 Å². The smallest absolute Gasteiger partial charge is 0.335 e. The molecule has 2 atom stereocenters. The number of carboxylic acids is 2. The Morgan fingerprint density at radius 3 is 2.36 bits per heavy atom. The van der Waals surface area contributed by atoms with E-state index >= 15 is 0 Å². The van der Waals surface area contributed by atoms with Gasteiger partial charge < -0.3 is 15.5 Å². The van der Waals surface area contributed by atoms with Gasteiger partial charge in [0.05, 0.1) is 11.5 Å². The molecule has 0 saturated carbocycles. The molecule has 1 amide bonds. The Labute approximate surface area is 196 Å². The highest BCUT2D eigenvalue weighted by Crippen LogP contribution is 2.24. The topological polar surface area (TPSA) is 117 Å². The van der Waals surface area contributed by atoms with Gasteiger partial charge >= 0.3 is 11.9 Å². The lowest BCUT2D eigenvalue weighted by Gasteiger charge is -2.21. The number of nitrogens with one attached hydrogen (secondary N) is 1. The number of nitrogens with zero attached hydrogens (tertiary/aromatic N) is 1. The summed E-state index contributed by atoms with van der Waals surface area (Å²) in [6, 6.07) is 17.2. The highest BCUT2D eigenvalue weighted by atomic mass is 35.5. The second-order valence-corrected chi connectivity index (χ2v) is 8.23. The Morgan fingerprint density at radius 2 is 1.73 bits per heavy atom. The average molecular weight is 467 g/mol. The Kier molecular flexibility index (Phi) is 7.79. The van der Waals surface area contributed by atoms with E-state index in [9.17, 15) is 19.5 Å². The largest absolute Gasteiger partial charge is 0.481 e. The van der Waals surface area contributed by atoms with Crippen molar-refractivity contribution in [1.82, 2.24) is 10.3 Å². The van der Waals surface area contributed by atoms with E-state index in [0.29, 0.717) is 11.4 Å². The molecule has 3 rings (SSSR count). The average Bonchev–Trinajstić information content (AvgIpc) is 2.79. The zero-order valence-electron chi connectivity index (χ0n) is 17.9. The van der Waals surface area contributed by atoms with Crippen LogP contribution < -0.4 is 5.32 Å². The minimum Gasteiger partial charge on any atom is -0.481 e. The molecule has 3 aromatic rings. The van der Waals surface area contributed by atoms with Crippen LogP contribution in [0.2, 0.25) is 5.02 Å². The van der Waals surface area contributed by atoms with Gasteiger partial charge in [-0.2, -0.15) is 0 Å². The second-order valence-electron chi connectivity index (χ2n) is 7.79. The number of aromatic nitrogens is 1. The van der Waals surface area contributed by atoms with E-state index in [4.69, 9.17) is 16.7 Å². The number of hydrogen-bond donors (Lipinski definition) is 3. The van der Waals surface area contributed by atoms with Crippen molar-refractivity contribution in [3.63, 3.8) is 0 Å². The number of aromatic carboxylic acids is 1. The van der Waals surface area contributed by atoms with Gasteiger partial charge in [0.1, 0.15) is 5.69 Å². The van der Waals surface area contributed by atoms with Crippen LogP contribution in [0.15, 0.2) is 66.9 Å². The Morgan fingerprint density at radius 1 is 1.00 bits per heavy atom. The standard InChI is InChI=1S/C25H23ClN2O5/c1-15(24(30)31)11-21(28-23(29)22-14-19(25(32)33)9-10-27-22)12-16-5-7-17(8-6-16)18-3-2-4-20(26)13-18/h2-10,13-15,21H,11-12H2,1H3,(H,28,29)(H,30,31)(H,32,33)/t15-,21+/m1/s1. The summed E-state index contributed by atoms with van der Waals surface area (Å²) in [5.74, 6) is -3.37. The number of amides is 1. The maximum atomic E-state index is 12.7. The molecule has 0 unspecified atom stereocenters. The normalized spacial score (nSPS) is 12.5. The summed E-state index contributed by atoms with van der Waals surface area (Å²) in [5.41, 5.74) is 2.77. The Hall–Kier alpha value is -3.71. The third-order valence-corrected chi connectivity index (χ3v) is 5.46. The first-order valence-corrected chi connectivity index (χ1v) is 10.7. The van der Waals surface area contributed by atoms with Gasteiger partial charge in [0.2, 0.25) is 0 Å². The Bertz CT molecular complexity index is 1160. The maximum absolute atomic E-state index is 12.7. The molecule has 0 fully saturated rings. The predicted octanol–water partition coefficient (Wildman–Crippen LogP) is 4.55. The van der Waals surface area contributed by atoms with Crippen molar-refractivity contribution in [3.8, 4) is 11.1 Å². The van der Waals surface area contributed by atoms with Crippen LogP contribution in [0.1, 0.15) is 39.8 Å². The molecule has 0 saturated heterocycles. The molecular weight excluding hydrogens is 444 g/mol. The summed E-state index contributed by atoms with van der Waals surface area (Å²) in [6.07, 6.45) is 1.86. The molecule has 33 heavy (non-hydrogen) atoms. The van der Waals surface area contributed by atoms with Crippen LogP contribution in [-0.4, -0.2) is 39.1 Å². The summed E-state index contributed by atoms with van der Waals surface area (Å²) in [4.78, 5) is 39.2. The molecule has 2 aromatic carbocycles. The van der Waals surface area contributed by atoms with Crippen LogP contribution in [0.5, 0.6) is 0 Å². The first kappa shape index (κ1) is 23.9. The summed E-state index contributed by atoms with van der Waals surface area (Å²) in [7, 11) is 0. The molecule has 0 bridgehead atoms. The van der Waals surface area contributed by atoms with Crippen LogP contribution >= 0.6 is 11.6 Å². The van der Waals surface area contributed by atoms with Crippen LogP contribution in [-0.2, 0) is 11.2 Å². The zero-order valence-corrected chi connectivity index (χ0v) is 18.6. The fraction of sp³-hybridized carbons (Fsp3) is 0.200. The van der Waals surface area contributed by atoms with Gasteiger partial charge in [0, 0.05) is 17.3 Å². The molecule has 0 spiro atoms. The van der Waals surface area contributed by atoms with E-state index in [1.807, 2.05) is 42.5 Å². The minimum atomic E-state index is -1.16. The van der Waals surface area contributed by atoms with Gasteiger partial charge in [-0.3, -0.25) is 14.6 Å². The van der Waals surface area contributed by atoms with Crippen molar-refractivity contribution in [1.29, 1.82) is 0 Å². The van der Waals surface area contributed by atoms with Gasteiger partial charge in [-0.1, -0.05) is 54.9 Å². The molecular formula is C25H23ClN2O5. The van der Waals surface area contributed by atoms with Gasteiger partial charge in [0.15, 0.2) is 0 Å². The number of pyridine rings is 1. The third kappa shape index (κ3) is 6.63. The van der Waals surface area contributed by atoms with Crippen LogP contribution in [0, 0.1) is 5.92 Å². The third-order valence-electron chi connectivity index (χ3n) is 5.23. The highest BCUT2D eigenvalue weighted by Gasteiger charge is 2.22. The predicted molar refractivity (Wildman–Crippen MR) is 124 cm³/mol. The number of carbonyl (C=O) groups excluding carboxylic acids is 1. The molecule has 1 aromatic heterocycles. The van der Waals surface area contributed by atoms with E-state index in [1.54, 1.807) is 13.0 Å². The molecule has 3 N–H and O–H groups in total. The lowest BCUT2D eigenvalue weighted by Crippen LogP contribution is -2.39. The van der Waals surface area contributed by atoms with Crippen molar-refractivity contribution < 1.29 is 24.6 Å². The van der Waals surface area contributed by atoms with E-state index in [1.165, 1.54) is 18.3 Å². The van der Waals surface area contributed by atoms with E-state index in [2.05, 4.69) is 10.3 Å². The summed E-state index contributed by atoms with van der Waals surface area (Å²) >= 11 is 6.07. The molecule has 0 radical (unpaired) electrons. The fourth-order valence-electron chi connectivity index (χ4n) is 3.45. The van der Waals surface area contributed by atoms with Gasteiger partial charge in [-0.05, 0) is 53.8 Å². The van der Waals surface area contributed by atoms with E-state index < -0.39 is 29.8 Å². The lowest BCUT2D eigenvalue weighted by molar-refractivity contribution is -0.141. The van der Waals surface area contributed by atoms with Crippen LogP contribution in [0.25, 0.3) is 11.1 Å². The monoisotopic (exact) mass is 466 g/mol. The number of rotatable bonds is 9. The van der Waals surface area contributed by atoms with Gasteiger partial charge in [-0.25, -0.2) is 4.79 Å². The summed E-state index contributed by atoms with van der Waals surface area (Å²) < 4.78 is 0. The fourth-order valence-corrected chi connectivity index (χ4v) is 3.64. The summed E-state index contributed by atoms with van der Waals surface area (Å²) in [6.45, 7) is 1.58. The molecule has 7 nitrogen and oxygen atoms in total. The number of aliphatic carboxylic acids is 1. The van der Waals surface area contributed by atoms with Crippen molar-refractivity contribution >= 4 is 29.4 Å².